The zero-order valence-electron chi connectivity index (χ0n) is 11.0. The zero-order valence-corrected chi connectivity index (χ0v) is 11.0. The van der Waals surface area contributed by atoms with Gasteiger partial charge in [-0.2, -0.15) is 13.2 Å². The molecule has 4 nitrogen and oxygen atoms in total. The van der Waals surface area contributed by atoms with E-state index in [9.17, 15) is 13.2 Å². The Labute approximate surface area is 114 Å². The summed E-state index contributed by atoms with van der Waals surface area (Å²) in [4.78, 5) is 0. The number of pyridine rings is 1. The SMILES string of the molecule is CC1(c2nnc3ccc(C(F)(F)F)cn23)CCCCN1. The van der Waals surface area contributed by atoms with Gasteiger partial charge < -0.3 is 5.32 Å². The number of nitrogens with zero attached hydrogens (tertiary/aromatic N) is 3. The molecule has 0 bridgehead atoms. The fourth-order valence-electron chi connectivity index (χ4n) is 2.68. The molecule has 3 rings (SSSR count). The highest BCUT2D eigenvalue weighted by atomic mass is 19.4. The molecule has 0 amide bonds. The molecule has 0 spiro atoms. The van der Waals surface area contributed by atoms with Crippen LogP contribution < -0.4 is 5.32 Å². The molecule has 20 heavy (non-hydrogen) atoms. The van der Waals surface area contributed by atoms with Gasteiger partial charge in [-0.1, -0.05) is 0 Å². The molecule has 108 valence electrons. The lowest BCUT2D eigenvalue weighted by atomic mass is 9.90. The van der Waals surface area contributed by atoms with Crippen molar-refractivity contribution in [3.05, 3.63) is 29.7 Å². The standard InChI is InChI=1S/C13H15F3N4/c1-12(6-2-3-7-17-12)11-19-18-10-5-4-9(8-20(10)11)13(14,15)16/h4-5,8,17H,2-3,6-7H2,1H3. The Hall–Kier alpha value is -1.63. The van der Waals surface area contributed by atoms with E-state index in [0.29, 0.717) is 11.5 Å². The number of rotatable bonds is 1. The second-order valence-electron chi connectivity index (χ2n) is 5.38. The van der Waals surface area contributed by atoms with E-state index in [-0.39, 0.29) is 0 Å². The van der Waals surface area contributed by atoms with E-state index in [1.165, 1.54) is 10.5 Å². The summed E-state index contributed by atoms with van der Waals surface area (Å²) in [5, 5.41) is 11.4. The fourth-order valence-corrected chi connectivity index (χ4v) is 2.68. The number of aromatic nitrogens is 3. The minimum absolute atomic E-state index is 0.429. The molecule has 0 radical (unpaired) electrons. The number of fused-ring (bicyclic) bond motifs is 1. The number of hydrogen-bond donors (Lipinski definition) is 1. The molecule has 1 N–H and O–H groups in total. The van der Waals surface area contributed by atoms with Crippen molar-refractivity contribution in [1.82, 2.24) is 19.9 Å². The molecule has 0 aromatic carbocycles. The van der Waals surface area contributed by atoms with Crippen molar-refractivity contribution in [2.75, 3.05) is 6.54 Å². The van der Waals surface area contributed by atoms with Crippen molar-refractivity contribution in [3.8, 4) is 0 Å². The van der Waals surface area contributed by atoms with Crippen LogP contribution in [0, 0.1) is 0 Å². The van der Waals surface area contributed by atoms with Crippen LogP contribution in [0.15, 0.2) is 18.3 Å². The predicted molar refractivity (Wildman–Crippen MR) is 67.2 cm³/mol. The third-order valence-corrected chi connectivity index (χ3v) is 3.84. The third-order valence-electron chi connectivity index (χ3n) is 3.84. The minimum Gasteiger partial charge on any atom is -0.305 e. The molecule has 7 heteroatoms. The van der Waals surface area contributed by atoms with Gasteiger partial charge in [0.15, 0.2) is 11.5 Å². The Morgan fingerprint density at radius 1 is 1.25 bits per heavy atom. The van der Waals surface area contributed by atoms with Gasteiger partial charge in [0.25, 0.3) is 0 Å². The molecule has 1 aliphatic heterocycles. The molecule has 1 unspecified atom stereocenters. The maximum Gasteiger partial charge on any atom is 0.417 e. The molecular formula is C13H15F3N4. The van der Waals surface area contributed by atoms with Crippen LogP contribution in [0.2, 0.25) is 0 Å². The Kier molecular flexibility index (Phi) is 2.97. The van der Waals surface area contributed by atoms with Gasteiger partial charge in [0, 0.05) is 6.20 Å². The highest BCUT2D eigenvalue weighted by Gasteiger charge is 2.35. The summed E-state index contributed by atoms with van der Waals surface area (Å²) < 4.78 is 39.9. The average Bonchev–Trinajstić information content (AvgIpc) is 2.82. The third kappa shape index (κ3) is 2.15. The van der Waals surface area contributed by atoms with Gasteiger partial charge in [0.05, 0.1) is 11.1 Å². The van der Waals surface area contributed by atoms with E-state index in [0.717, 1.165) is 38.1 Å². The second-order valence-corrected chi connectivity index (χ2v) is 5.38. The van der Waals surface area contributed by atoms with Crippen LogP contribution in [0.4, 0.5) is 13.2 Å². The van der Waals surface area contributed by atoms with Gasteiger partial charge in [0.2, 0.25) is 0 Å². The molecule has 1 aliphatic rings. The first-order valence-corrected chi connectivity index (χ1v) is 6.58. The number of piperidine rings is 1. The van der Waals surface area contributed by atoms with Crippen LogP contribution in [-0.4, -0.2) is 21.1 Å². The highest BCUT2D eigenvalue weighted by molar-refractivity contribution is 5.41. The lowest BCUT2D eigenvalue weighted by Gasteiger charge is -2.33. The monoisotopic (exact) mass is 284 g/mol. The first-order chi connectivity index (χ1) is 9.40. The van der Waals surface area contributed by atoms with Gasteiger partial charge in [-0.15, -0.1) is 10.2 Å². The van der Waals surface area contributed by atoms with Crippen LogP contribution in [0.25, 0.3) is 5.65 Å². The minimum atomic E-state index is -4.36. The van der Waals surface area contributed by atoms with E-state index < -0.39 is 17.3 Å². The highest BCUT2D eigenvalue weighted by Crippen LogP contribution is 2.32. The van der Waals surface area contributed by atoms with Crippen molar-refractivity contribution in [2.45, 2.75) is 37.9 Å². The van der Waals surface area contributed by atoms with Gasteiger partial charge in [-0.25, -0.2) is 0 Å². The first-order valence-electron chi connectivity index (χ1n) is 6.58. The van der Waals surface area contributed by atoms with Crippen molar-refractivity contribution < 1.29 is 13.2 Å². The van der Waals surface area contributed by atoms with E-state index in [2.05, 4.69) is 15.5 Å². The van der Waals surface area contributed by atoms with E-state index in [1.807, 2.05) is 6.92 Å². The Morgan fingerprint density at radius 3 is 2.70 bits per heavy atom. The van der Waals surface area contributed by atoms with Crippen molar-refractivity contribution in [2.24, 2.45) is 0 Å². The van der Waals surface area contributed by atoms with Crippen LogP contribution in [0.1, 0.15) is 37.6 Å². The lowest BCUT2D eigenvalue weighted by molar-refractivity contribution is -0.137. The van der Waals surface area contributed by atoms with E-state index in [4.69, 9.17) is 0 Å². The summed E-state index contributed by atoms with van der Waals surface area (Å²) in [7, 11) is 0. The lowest BCUT2D eigenvalue weighted by Crippen LogP contribution is -2.44. The molecule has 0 aliphatic carbocycles. The first kappa shape index (κ1) is 13.4. The largest absolute Gasteiger partial charge is 0.417 e. The van der Waals surface area contributed by atoms with Crippen LogP contribution >= 0.6 is 0 Å². The molecule has 0 saturated carbocycles. The van der Waals surface area contributed by atoms with Gasteiger partial charge in [-0.3, -0.25) is 4.40 Å². The molecule has 3 heterocycles. The van der Waals surface area contributed by atoms with Gasteiger partial charge in [-0.05, 0) is 44.9 Å². The number of halogens is 3. The second kappa shape index (κ2) is 4.44. The quantitative estimate of drug-likeness (QED) is 0.875. The number of alkyl halides is 3. The van der Waals surface area contributed by atoms with Crippen molar-refractivity contribution in [3.63, 3.8) is 0 Å². The number of nitrogens with one attached hydrogen (secondary N) is 1. The maximum atomic E-state index is 12.8. The van der Waals surface area contributed by atoms with E-state index >= 15 is 0 Å². The van der Waals surface area contributed by atoms with Crippen LogP contribution in [0.5, 0.6) is 0 Å². The fraction of sp³-hybridized carbons (Fsp3) is 0.538. The van der Waals surface area contributed by atoms with Crippen LogP contribution in [0.3, 0.4) is 0 Å². The summed E-state index contributed by atoms with van der Waals surface area (Å²) in [5.74, 6) is 0.540. The Morgan fingerprint density at radius 2 is 2.05 bits per heavy atom. The smallest absolute Gasteiger partial charge is 0.305 e. The van der Waals surface area contributed by atoms with E-state index in [1.54, 1.807) is 0 Å². The molecule has 1 fully saturated rings. The normalized spacial score (nSPS) is 24.2. The summed E-state index contributed by atoms with van der Waals surface area (Å²) >= 11 is 0. The van der Waals surface area contributed by atoms with Crippen molar-refractivity contribution in [1.29, 1.82) is 0 Å². The van der Waals surface area contributed by atoms with Crippen molar-refractivity contribution >= 4 is 5.65 Å². The summed E-state index contributed by atoms with van der Waals surface area (Å²) in [6, 6.07) is 2.38. The molecular weight excluding hydrogens is 269 g/mol. The van der Waals surface area contributed by atoms with Gasteiger partial charge >= 0.3 is 6.18 Å². The predicted octanol–water partition coefficient (Wildman–Crippen LogP) is 2.74. The topological polar surface area (TPSA) is 42.2 Å². The Bertz CT molecular complexity index is 626. The summed E-state index contributed by atoms with van der Waals surface area (Å²) in [6.07, 6.45) is -0.357. The molecule has 2 aromatic heterocycles. The number of hydrogen-bond acceptors (Lipinski definition) is 3. The summed E-state index contributed by atoms with van der Waals surface area (Å²) in [6.45, 7) is 2.80. The molecule has 1 saturated heterocycles. The molecule has 1 atom stereocenters. The maximum absolute atomic E-state index is 12.8. The zero-order chi connectivity index (χ0) is 14.4. The van der Waals surface area contributed by atoms with Crippen LogP contribution in [-0.2, 0) is 11.7 Å². The average molecular weight is 284 g/mol. The Balaban J connectivity index is 2.11. The summed E-state index contributed by atoms with van der Waals surface area (Å²) in [5.41, 5.74) is -0.686. The molecule has 2 aromatic rings. The van der Waals surface area contributed by atoms with Gasteiger partial charge in [0.1, 0.15) is 0 Å².